The average Bonchev–Trinajstić information content (AvgIpc) is 2.87. The number of halogens is 3. The minimum atomic E-state index is -3.17. The number of imidazole rings is 1. The van der Waals surface area contributed by atoms with Crippen LogP contribution < -0.4 is 10.4 Å². The molecule has 0 unspecified atom stereocenters. The van der Waals surface area contributed by atoms with E-state index < -0.39 is 23.9 Å². The molecule has 0 aliphatic rings. The smallest absolute Gasteiger partial charge is 0.387 e. The number of carbonyl (C=O) groups excluding carboxylic acids is 1. The van der Waals surface area contributed by atoms with Crippen LogP contribution in [0.3, 0.4) is 0 Å². The Kier molecular flexibility index (Phi) is 5.12. The second kappa shape index (κ2) is 7.37. The first-order valence-corrected chi connectivity index (χ1v) is 8.19. The average molecular weight is 394 g/mol. The molecule has 10 heteroatoms. The minimum absolute atomic E-state index is 0.183. The van der Waals surface area contributed by atoms with Gasteiger partial charge in [-0.3, -0.25) is 13.9 Å². The Labute approximate surface area is 157 Å². The van der Waals surface area contributed by atoms with Crippen LogP contribution >= 0.6 is 0 Å². The Bertz CT molecular complexity index is 1110. The van der Waals surface area contributed by atoms with Crippen LogP contribution in [0.1, 0.15) is 0 Å². The van der Waals surface area contributed by atoms with Gasteiger partial charge in [0.15, 0.2) is 17.2 Å². The van der Waals surface area contributed by atoms with Gasteiger partial charge in [-0.15, -0.1) is 0 Å². The Hall–Kier alpha value is -3.30. The number of carbonyl (C=O) groups is 1. The summed E-state index contributed by atoms with van der Waals surface area (Å²) in [4.78, 5) is 30.1. The van der Waals surface area contributed by atoms with E-state index in [9.17, 15) is 22.8 Å². The zero-order chi connectivity index (χ0) is 20.6. The summed E-state index contributed by atoms with van der Waals surface area (Å²) >= 11 is 0. The zero-order valence-electron chi connectivity index (χ0n) is 15.3. The third kappa shape index (κ3) is 3.57. The first-order chi connectivity index (χ1) is 13.2. The normalized spacial score (nSPS) is 11.2. The molecule has 0 spiro atoms. The van der Waals surface area contributed by atoms with Gasteiger partial charge < -0.3 is 9.64 Å². The van der Waals surface area contributed by atoms with Crippen molar-refractivity contribution in [2.24, 2.45) is 7.05 Å². The van der Waals surface area contributed by atoms with Gasteiger partial charge in [0.2, 0.25) is 5.91 Å². The molecule has 1 aromatic carbocycles. The van der Waals surface area contributed by atoms with Crippen LogP contribution in [0.15, 0.2) is 35.3 Å². The van der Waals surface area contributed by atoms with Crippen molar-refractivity contribution in [3.63, 3.8) is 0 Å². The van der Waals surface area contributed by atoms with Crippen LogP contribution in [0, 0.1) is 5.82 Å². The van der Waals surface area contributed by atoms with Gasteiger partial charge in [-0.1, -0.05) is 6.07 Å². The summed E-state index contributed by atoms with van der Waals surface area (Å²) in [7, 11) is 4.68. The van der Waals surface area contributed by atoms with Gasteiger partial charge in [0.1, 0.15) is 6.54 Å². The van der Waals surface area contributed by atoms with E-state index in [2.05, 4.69) is 9.72 Å². The van der Waals surface area contributed by atoms with Crippen LogP contribution in [0.4, 0.5) is 13.2 Å². The Balaban J connectivity index is 2.12. The fraction of sp³-hybridized carbons (Fsp3) is 0.278. The van der Waals surface area contributed by atoms with Crippen molar-refractivity contribution in [1.82, 2.24) is 19.0 Å². The molecule has 2 aromatic heterocycles. The van der Waals surface area contributed by atoms with E-state index in [0.29, 0.717) is 22.3 Å². The molecule has 0 aliphatic carbocycles. The second-order valence-electron chi connectivity index (χ2n) is 6.31. The van der Waals surface area contributed by atoms with Crippen LogP contribution in [-0.4, -0.2) is 45.6 Å². The molecule has 0 saturated carbocycles. The first-order valence-electron chi connectivity index (χ1n) is 8.19. The van der Waals surface area contributed by atoms with E-state index >= 15 is 0 Å². The van der Waals surface area contributed by atoms with Crippen LogP contribution in [0.25, 0.3) is 22.3 Å². The third-order valence-electron chi connectivity index (χ3n) is 4.25. The molecule has 0 saturated heterocycles. The summed E-state index contributed by atoms with van der Waals surface area (Å²) < 4.78 is 45.3. The van der Waals surface area contributed by atoms with E-state index in [-0.39, 0.29) is 12.5 Å². The maximum atomic E-state index is 13.7. The number of fused-ring (bicyclic) bond motifs is 1. The highest BCUT2D eigenvalue weighted by Crippen LogP contribution is 2.28. The van der Waals surface area contributed by atoms with Crippen molar-refractivity contribution >= 4 is 17.1 Å². The van der Waals surface area contributed by atoms with Gasteiger partial charge in [-0.05, 0) is 23.8 Å². The van der Waals surface area contributed by atoms with Crippen molar-refractivity contribution in [2.75, 3.05) is 14.1 Å². The molecule has 0 aliphatic heterocycles. The van der Waals surface area contributed by atoms with E-state index in [1.54, 1.807) is 20.2 Å². The standard InChI is InChI=1S/C18H17F3N4O3/c1-23(2)15(26)9-25-13-6-11(8-22-16(13)24(3)18(25)27)10-4-5-12(19)14(7-10)28-17(20)21/h4-8,17H,9H2,1-3H3. The summed E-state index contributed by atoms with van der Waals surface area (Å²) in [5, 5.41) is 0. The van der Waals surface area contributed by atoms with Crippen LogP contribution in [-0.2, 0) is 18.4 Å². The van der Waals surface area contributed by atoms with Crippen molar-refractivity contribution < 1.29 is 22.7 Å². The van der Waals surface area contributed by atoms with Crippen LogP contribution in [0.2, 0.25) is 0 Å². The maximum absolute atomic E-state index is 13.7. The van der Waals surface area contributed by atoms with Gasteiger partial charge in [0, 0.05) is 32.9 Å². The summed E-state index contributed by atoms with van der Waals surface area (Å²) in [6, 6.07) is 5.10. The van der Waals surface area contributed by atoms with Crippen molar-refractivity contribution in [2.45, 2.75) is 13.2 Å². The topological polar surface area (TPSA) is 69.4 Å². The largest absolute Gasteiger partial charge is 0.432 e. The summed E-state index contributed by atoms with van der Waals surface area (Å²) in [6.45, 7) is -3.35. The summed E-state index contributed by atoms with van der Waals surface area (Å²) in [6.07, 6.45) is 1.43. The number of amides is 1. The highest BCUT2D eigenvalue weighted by Gasteiger charge is 2.17. The number of rotatable bonds is 5. The zero-order valence-corrected chi connectivity index (χ0v) is 15.3. The monoisotopic (exact) mass is 394 g/mol. The number of aryl methyl sites for hydroxylation is 1. The number of alkyl halides is 2. The lowest BCUT2D eigenvalue weighted by molar-refractivity contribution is -0.129. The Morgan fingerprint density at radius 2 is 1.96 bits per heavy atom. The molecular formula is C18H17F3N4O3. The van der Waals surface area contributed by atoms with Crippen LogP contribution in [0.5, 0.6) is 5.75 Å². The summed E-state index contributed by atoms with van der Waals surface area (Å²) in [5.74, 6) is -1.80. The fourth-order valence-corrected chi connectivity index (χ4v) is 2.73. The van der Waals surface area contributed by atoms with Gasteiger partial charge in [0.05, 0.1) is 5.52 Å². The number of aromatic nitrogens is 3. The molecule has 28 heavy (non-hydrogen) atoms. The Morgan fingerprint density at radius 3 is 2.61 bits per heavy atom. The van der Waals surface area contributed by atoms with E-state index in [0.717, 1.165) is 12.1 Å². The van der Waals surface area contributed by atoms with Gasteiger partial charge in [-0.2, -0.15) is 8.78 Å². The number of pyridine rings is 1. The lowest BCUT2D eigenvalue weighted by atomic mass is 10.1. The van der Waals surface area contributed by atoms with Crippen molar-refractivity contribution in [1.29, 1.82) is 0 Å². The summed E-state index contributed by atoms with van der Waals surface area (Å²) in [5.41, 5.74) is 1.14. The van der Waals surface area contributed by atoms with Gasteiger partial charge >= 0.3 is 12.3 Å². The molecular weight excluding hydrogens is 377 g/mol. The van der Waals surface area contributed by atoms with E-state index in [1.165, 1.54) is 33.3 Å². The number of ether oxygens (including phenoxy) is 1. The van der Waals surface area contributed by atoms with Gasteiger partial charge in [-0.25, -0.2) is 14.2 Å². The van der Waals surface area contributed by atoms with Crippen molar-refractivity contribution in [3.05, 3.63) is 46.8 Å². The lowest BCUT2D eigenvalue weighted by Gasteiger charge is -2.11. The quantitative estimate of drug-likeness (QED) is 0.666. The number of hydrogen-bond acceptors (Lipinski definition) is 4. The number of likely N-dealkylation sites (N-methyl/N-ethyl adjacent to an activating group) is 1. The molecule has 1 amide bonds. The van der Waals surface area contributed by atoms with Crippen molar-refractivity contribution in [3.8, 4) is 16.9 Å². The molecule has 2 heterocycles. The number of benzene rings is 1. The molecule has 0 N–H and O–H groups in total. The molecule has 3 rings (SSSR count). The van der Waals surface area contributed by atoms with E-state index in [4.69, 9.17) is 0 Å². The van der Waals surface area contributed by atoms with Gasteiger partial charge in [0.25, 0.3) is 0 Å². The fourth-order valence-electron chi connectivity index (χ4n) is 2.73. The first kappa shape index (κ1) is 19.5. The third-order valence-corrected chi connectivity index (χ3v) is 4.25. The molecule has 3 aromatic rings. The molecule has 148 valence electrons. The SMILES string of the molecule is CN(C)C(=O)Cn1c(=O)n(C)c2ncc(-c3ccc(F)c(OC(F)F)c3)cc21. The number of hydrogen-bond donors (Lipinski definition) is 0. The molecule has 0 radical (unpaired) electrons. The molecule has 0 bridgehead atoms. The molecule has 0 fully saturated rings. The predicted octanol–water partition coefficient (Wildman–Crippen LogP) is 2.23. The highest BCUT2D eigenvalue weighted by molar-refractivity contribution is 5.82. The predicted molar refractivity (Wildman–Crippen MR) is 95.7 cm³/mol. The maximum Gasteiger partial charge on any atom is 0.387 e. The van der Waals surface area contributed by atoms with E-state index in [1.807, 2.05) is 0 Å². The molecule has 7 nitrogen and oxygen atoms in total. The second-order valence-corrected chi connectivity index (χ2v) is 6.31. The highest BCUT2D eigenvalue weighted by atomic mass is 19.3. The molecule has 0 atom stereocenters. The lowest BCUT2D eigenvalue weighted by Crippen LogP contribution is -2.31. The Morgan fingerprint density at radius 1 is 1.25 bits per heavy atom. The minimum Gasteiger partial charge on any atom is -0.432 e. The number of nitrogens with zero attached hydrogens (tertiary/aromatic N) is 4.